The van der Waals surface area contributed by atoms with Crippen LogP contribution in [0.1, 0.15) is 44.1 Å². The van der Waals surface area contributed by atoms with Crippen LogP contribution >= 0.6 is 15.9 Å². The second kappa shape index (κ2) is 7.92. The molecule has 5 heteroatoms. The van der Waals surface area contributed by atoms with E-state index in [1.807, 2.05) is 55.5 Å². The standard InChI is InChI=1S/C23H22BrNO3/c1-2-28-18-12-10-17(11-13-18)25-20-4-3-5-21(26)23(20)19(14-22(25)27)15-6-8-16(24)9-7-15/h6-13,19H,2-5,14H2,1H3. The van der Waals surface area contributed by atoms with Gasteiger partial charge in [0.2, 0.25) is 5.91 Å². The van der Waals surface area contributed by atoms with E-state index in [2.05, 4.69) is 15.9 Å². The molecule has 0 bridgehead atoms. The van der Waals surface area contributed by atoms with Crippen LogP contribution in [-0.2, 0) is 9.59 Å². The van der Waals surface area contributed by atoms with E-state index in [9.17, 15) is 9.59 Å². The number of halogens is 1. The van der Waals surface area contributed by atoms with Crippen molar-refractivity contribution in [2.75, 3.05) is 11.5 Å². The summed E-state index contributed by atoms with van der Waals surface area (Å²) in [7, 11) is 0. The molecule has 1 atom stereocenters. The number of carbonyl (C=O) groups excluding carboxylic acids is 2. The molecule has 1 heterocycles. The molecule has 1 amide bonds. The van der Waals surface area contributed by atoms with Gasteiger partial charge in [-0.05, 0) is 61.7 Å². The zero-order chi connectivity index (χ0) is 19.7. The third kappa shape index (κ3) is 3.51. The Labute approximate surface area is 173 Å². The molecule has 144 valence electrons. The number of nitrogens with zero attached hydrogens (tertiary/aromatic N) is 1. The molecule has 2 aromatic rings. The third-order valence-electron chi connectivity index (χ3n) is 5.35. The fraction of sp³-hybridized carbons (Fsp3) is 0.304. The van der Waals surface area contributed by atoms with Crippen LogP contribution in [0.5, 0.6) is 5.75 Å². The van der Waals surface area contributed by atoms with Crippen molar-refractivity contribution in [3.05, 3.63) is 69.8 Å². The first-order chi connectivity index (χ1) is 13.6. The zero-order valence-corrected chi connectivity index (χ0v) is 17.4. The zero-order valence-electron chi connectivity index (χ0n) is 15.8. The molecule has 0 fully saturated rings. The largest absolute Gasteiger partial charge is 0.494 e. The lowest BCUT2D eigenvalue weighted by Gasteiger charge is -2.38. The number of rotatable bonds is 4. The molecule has 0 aromatic heterocycles. The maximum atomic E-state index is 13.2. The highest BCUT2D eigenvalue weighted by Crippen LogP contribution is 2.43. The average Bonchev–Trinajstić information content (AvgIpc) is 2.69. The highest BCUT2D eigenvalue weighted by atomic mass is 79.9. The summed E-state index contributed by atoms with van der Waals surface area (Å²) in [6, 6.07) is 15.5. The fourth-order valence-corrected chi connectivity index (χ4v) is 4.39. The maximum absolute atomic E-state index is 13.2. The Balaban J connectivity index is 1.77. The topological polar surface area (TPSA) is 46.6 Å². The molecule has 2 aromatic carbocycles. The van der Waals surface area contributed by atoms with Gasteiger partial charge in [-0.15, -0.1) is 0 Å². The molecular weight excluding hydrogens is 418 g/mol. The molecule has 1 aliphatic carbocycles. The monoisotopic (exact) mass is 439 g/mol. The predicted octanol–water partition coefficient (Wildman–Crippen LogP) is 5.38. The number of benzene rings is 2. The summed E-state index contributed by atoms with van der Waals surface area (Å²) >= 11 is 3.45. The Kier molecular flexibility index (Phi) is 5.36. The average molecular weight is 440 g/mol. The van der Waals surface area contributed by atoms with Gasteiger partial charge in [0.1, 0.15) is 5.75 Å². The Morgan fingerprint density at radius 1 is 1.04 bits per heavy atom. The molecule has 0 spiro atoms. The maximum Gasteiger partial charge on any atom is 0.232 e. The van der Waals surface area contributed by atoms with Crippen LogP contribution in [0, 0.1) is 0 Å². The second-order valence-corrected chi connectivity index (χ2v) is 8.02. The van der Waals surface area contributed by atoms with E-state index in [0.717, 1.165) is 45.6 Å². The van der Waals surface area contributed by atoms with Crippen LogP contribution in [0.4, 0.5) is 5.69 Å². The molecular formula is C23H22BrNO3. The van der Waals surface area contributed by atoms with Crippen molar-refractivity contribution >= 4 is 33.3 Å². The molecule has 4 nitrogen and oxygen atoms in total. The van der Waals surface area contributed by atoms with Gasteiger partial charge in [-0.25, -0.2) is 0 Å². The van der Waals surface area contributed by atoms with Crippen molar-refractivity contribution in [1.82, 2.24) is 0 Å². The third-order valence-corrected chi connectivity index (χ3v) is 5.88. The van der Waals surface area contributed by atoms with Crippen LogP contribution in [0.15, 0.2) is 64.3 Å². The van der Waals surface area contributed by atoms with Gasteiger partial charge in [0.15, 0.2) is 5.78 Å². The van der Waals surface area contributed by atoms with Gasteiger partial charge in [0, 0.05) is 40.2 Å². The molecule has 0 saturated heterocycles. The van der Waals surface area contributed by atoms with Gasteiger partial charge in [-0.1, -0.05) is 28.1 Å². The van der Waals surface area contributed by atoms with Crippen molar-refractivity contribution < 1.29 is 14.3 Å². The Hall–Kier alpha value is -2.40. The van der Waals surface area contributed by atoms with Gasteiger partial charge >= 0.3 is 0 Å². The van der Waals surface area contributed by atoms with E-state index < -0.39 is 0 Å². The fourth-order valence-electron chi connectivity index (χ4n) is 4.13. The summed E-state index contributed by atoms with van der Waals surface area (Å²) in [4.78, 5) is 27.8. The quantitative estimate of drug-likeness (QED) is 0.642. The van der Waals surface area contributed by atoms with Crippen LogP contribution in [0.3, 0.4) is 0 Å². The number of hydrogen-bond acceptors (Lipinski definition) is 3. The summed E-state index contributed by atoms with van der Waals surface area (Å²) in [6.45, 7) is 2.54. The smallest absolute Gasteiger partial charge is 0.232 e. The van der Waals surface area contributed by atoms with E-state index in [4.69, 9.17) is 4.74 Å². The summed E-state index contributed by atoms with van der Waals surface area (Å²) < 4.78 is 6.49. The first-order valence-electron chi connectivity index (χ1n) is 9.66. The number of amides is 1. The first-order valence-corrected chi connectivity index (χ1v) is 10.4. The normalized spacial score (nSPS) is 19.6. The van der Waals surface area contributed by atoms with Crippen molar-refractivity contribution in [1.29, 1.82) is 0 Å². The summed E-state index contributed by atoms with van der Waals surface area (Å²) in [6.07, 6.45) is 2.38. The van der Waals surface area contributed by atoms with Gasteiger partial charge < -0.3 is 4.74 Å². The molecule has 0 N–H and O–H groups in total. The summed E-state index contributed by atoms with van der Waals surface area (Å²) in [5.41, 5.74) is 3.49. The molecule has 0 saturated carbocycles. The van der Waals surface area contributed by atoms with E-state index in [-0.39, 0.29) is 17.6 Å². The van der Waals surface area contributed by atoms with Gasteiger partial charge in [-0.3, -0.25) is 14.5 Å². The highest BCUT2D eigenvalue weighted by Gasteiger charge is 2.39. The Morgan fingerprint density at radius 3 is 2.43 bits per heavy atom. The molecule has 4 rings (SSSR count). The Bertz CT molecular complexity index is 931. The Morgan fingerprint density at radius 2 is 1.75 bits per heavy atom. The van der Waals surface area contributed by atoms with E-state index in [1.54, 1.807) is 4.90 Å². The molecule has 1 aliphatic heterocycles. The number of ketones is 1. The lowest BCUT2D eigenvalue weighted by Crippen LogP contribution is -2.40. The van der Waals surface area contributed by atoms with E-state index in [1.165, 1.54) is 0 Å². The van der Waals surface area contributed by atoms with Gasteiger partial charge in [0.05, 0.1) is 6.61 Å². The van der Waals surface area contributed by atoms with Crippen LogP contribution < -0.4 is 9.64 Å². The number of hydrogen-bond donors (Lipinski definition) is 0. The molecule has 2 aliphatic rings. The lowest BCUT2D eigenvalue weighted by molar-refractivity contribution is -0.119. The SMILES string of the molecule is CCOc1ccc(N2C(=O)CC(c3ccc(Br)cc3)C3=C2CCCC3=O)cc1. The highest BCUT2D eigenvalue weighted by molar-refractivity contribution is 9.10. The van der Waals surface area contributed by atoms with Crippen molar-refractivity contribution in [2.45, 2.75) is 38.5 Å². The van der Waals surface area contributed by atoms with Crippen molar-refractivity contribution in [2.24, 2.45) is 0 Å². The predicted molar refractivity (Wildman–Crippen MR) is 112 cm³/mol. The number of allylic oxidation sites excluding steroid dienone is 2. The molecule has 1 unspecified atom stereocenters. The minimum absolute atomic E-state index is 0.0329. The second-order valence-electron chi connectivity index (χ2n) is 7.10. The minimum Gasteiger partial charge on any atom is -0.494 e. The molecule has 28 heavy (non-hydrogen) atoms. The van der Waals surface area contributed by atoms with Crippen molar-refractivity contribution in [3.8, 4) is 5.75 Å². The lowest BCUT2D eigenvalue weighted by atomic mass is 9.77. The first kappa shape index (κ1) is 18.9. The number of ether oxygens (including phenoxy) is 1. The van der Waals surface area contributed by atoms with Crippen LogP contribution in [0.25, 0.3) is 0 Å². The van der Waals surface area contributed by atoms with Gasteiger partial charge in [-0.2, -0.15) is 0 Å². The van der Waals surface area contributed by atoms with Crippen LogP contribution in [0.2, 0.25) is 0 Å². The van der Waals surface area contributed by atoms with Gasteiger partial charge in [0.25, 0.3) is 0 Å². The number of anilines is 1. The minimum atomic E-state index is -0.164. The number of carbonyl (C=O) groups is 2. The molecule has 0 radical (unpaired) electrons. The summed E-state index contributed by atoms with van der Waals surface area (Å²) in [5.74, 6) is 0.808. The van der Waals surface area contributed by atoms with E-state index in [0.29, 0.717) is 19.4 Å². The van der Waals surface area contributed by atoms with Crippen molar-refractivity contribution in [3.63, 3.8) is 0 Å². The van der Waals surface area contributed by atoms with Crippen LogP contribution in [-0.4, -0.2) is 18.3 Å². The van der Waals surface area contributed by atoms with E-state index >= 15 is 0 Å². The number of Topliss-reactive ketones (excluding diaryl/α,β-unsaturated/α-hetero) is 1. The summed E-state index contributed by atoms with van der Waals surface area (Å²) in [5, 5.41) is 0.